The van der Waals surface area contributed by atoms with Crippen LogP contribution in [-0.2, 0) is 6.54 Å². The number of hydrogen-bond donors (Lipinski definition) is 1. The predicted molar refractivity (Wildman–Crippen MR) is 94.4 cm³/mol. The third kappa shape index (κ3) is 3.74. The minimum atomic E-state index is -0.0441. The van der Waals surface area contributed by atoms with Crippen LogP contribution in [0.3, 0.4) is 0 Å². The van der Waals surface area contributed by atoms with E-state index in [4.69, 9.17) is 0 Å². The minimum absolute atomic E-state index is 0.0441. The van der Waals surface area contributed by atoms with E-state index in [1.54, 1.807) is 0 Å². The second-order valence-corrected chi connectivity index (χ2v) is 5.90. The Morgan fingerprint density at radius 3 is 2.62 bits per heavy atom. The zero-order valence-electron chi connectivity index (χ0n) is 14.1. The molecule has 0 atom stereocenters. The van der Waals surface area contributed by atoms with Crippen LogP contribution in [-0.4, -0.2) is 26.8 Å². The number of rotatable bonds is 6. The van der Waals surface area contributed by atoms with Crippen molar-refractivity contribution in [1.82, 2.24) is 19.7 Å². The topological polar surface area (TPSA) is 51.9 Å². The lowest BCUT2D eigenvalue weighted by Crippen LogP contribution is -2.25. The van der Waals surface area contributed by atoms with E-state index in [2.05, 4.69) is 16.5 Å². The van der Waals surface area contributed by atoms with Crippen LogP contribution < -0.4 is 5.32 Å². The number of aromatic nitrogens is 3. The monoisotopic (exact) mass is 322 g/mol. The molecule has 0 aliphatic rings. The fraction of sp³-hybridized carbons (Fsp3) is 0.263. The highest BCUT2D eigenvalue weighted by atomic mass is 16.1. The highest BCUT2D eigenvalue weighted by Crippen LogP contribution is 2.11. The summed E-state index contributed by atoms with van der Waals surface area (Å²) in [6.07, 6.45) is 4.78. The number of aryl methyl sites for hydroxylation is 3. The first-order valence-electron chi connectivity index (χ1n) is 8.16. The maximum atomic E-state index is 12.3. The maximum absolute atomic E-state index is 12.3. The summed E-state index contributed by atoms with van der Waals surface area (Å²) in [6, 6.07) is 13.6. The lowest BCUT2D eigenvalue weighted by molar-refractivity contribution is 0.0952. The van der Waals surface area contributed by atoms with E-state index in [9.17, 15) is 4.79 Å². The van der Waals surface area contributed by atoms with Crippen molar-refractivity contribution >= 4 is 5.91 Å². The van der Waals surface area contributed by atoms with Gasteiger partial charge in [0.15, 0.2) is 0 Å². The molecule has 0 aliphatic carbocycles. The Morgan fingerprint density at radius 2 is 1.92 bits per heavy atom. The smallest absolute Gasteiger partial charge is 0.251 e. The van der Waals surface area contributed by atoms with Gasteiger partial charge in [0.1, 0.15) is 0 Å². The van der Waals surface area contributed by atoms with E-state index in [1.165, 1.54) is 0 Å². The van der Waals surface area contributed by atoms with Crippen molar-refractivity contribution < 1.29 is 4.79 Å². The van der Waals surface area contributed by atoms with Crippen LogP contribution in [0.2, 0.25) is 0 Å². The molecular formula is C19H22N4O. The molecule has 1 amide bonds. The molecule has 0 radical (unpaired) electrons. The SMILES string of the molecule is Cc1cc(C)n(CCCNC(=O)c2cccc(-n3cccc3)c2)n1. The van der Waals surface area contributed by atoms with Gasteiger partial charge in [-0.25, -0.2) is 0 Å². The van der Waals surface area contributed by atoms with E-state index in [0.717, 1.165) is 30.0 Å². The van der Waals surface area contributed by atoms with Crippen LogP contribution in [0.25, 0.3) is 5.69 Å². The lowest BCUT2D eigenvalue weighted by atomic mass is 10.2. The van der Waals surface area contributed by atoms with Gasteiger partial charge in [0.2, 0.25) is 0 Å². The number of benzene rings is 1. The second-order valence-electron chi connectivity index (χ2n) is 5.90. The summed E-state index contributed by atoms with van der Waals surface area (Å²) >= 11 is 0. The molecule has 5 nitrogen and oxygen atoms in total. The van der Waals surface area contributed by atoms with Crippen molar-refractivity contribution in [2.24, 2.45) is 0 Å². The van der Waals surface area contributed by atoms with E-state index in [-0.39, 0.29) is 5.91 Å². The van der Waals surface area contributed by atoms with E-state index in [0.29, 0.717) is 12.1 Å². The van der Waals surface area contributed by atoms with Gasteiger partial charge in [-0.15, -0.1) is 0 Å². The fourth-order valence-electron chi connectivity index (χ4n) is 2.75. The Labute approximate surface area is 141 Å². The predicted octanol–water partition coefficient (Wildman–Crippen LogP) is 3.11. The Bertz CT molecular complexity index is 818. The summed E-state index contributed by atoms with van der Waals surface area (Å²) in [7, 11) is 0. The Morgan fingerprint density at radius 1 is 1.12 bits per heavy atom. The molecule has 0 saturated heterocycles. The van der Waals surface area contributed by atoms with Gasteiger partial charge < -0.3 is 9.88 Å². The third-order valence-electron chi connectivity index (χ3n) is 3.95. The molecule has 3 aromatic rings. The van der Waals surface area contributed by atoms with Crippen LogP contribution in [0, 0.1) is 13.8 Å². The quantitative estimate of drug-likeness (QED) is 0.709. The van der Waals surface area contributed by atoms with Gasteiger partial charge in [-0.1, -0.05) is 6.07 Å². The van der Waals surface area contributed by atoms with Gasteiger partial charge in [-0.05, 0) is 56.7 Å². The number of nitrogens with one attached hydrogen (secondary N) is 1. The van der Waals surface area contributed by atoms with Crippen molar-refractivity contribution in [3.05, 3.63) is 71.8 Å². The molecule has 0 saturated carbocycles. The summed E-state index contributed by atoms with van der Waals surface area (Å²) < 4.78 is 3.97. The Hall–Kier alpha value is -2.82. The van der Waals surface area contributed by atoms with E-state index >= 15 is 0 Å². The highest BCUT2D eigenvalue weighted by molar-refractivity contribution is 5.94. The molecule has 0 unspecified atom stereocenters. The normalized spacial score (nSPS) is 10.8. The van der Waals surface area contributed by atoms with Crippen molar-refractivity contribution in [3.63, 3.8) is 0 Å². The van der Waals surface area contributed by atoms with Crippen molar-refractivity contribution in [2.75, 3.05) is 6.54 Å². The molecule has 0 bridgehead atoms. The van der Waals surface area contributed by atoms with Crippen molar-refractivity contribution in [2.45, 2.75) is 26.8 Å². The van der Waals surface area contributed by atoms with Gasteiger partial charge in [-0.3, -0.25) is 9.48 Å². The van der Waals surface area contributed by atoms with Crippen molar-refractivity contribution in [3.8, 4) is 5.69 Å². The van der Waals surface area contributed by atoms with Crippen molar-refractivity contribution in [1.29, 1.82) is 0 Å². The number of nitrogens with zero attached hydrogens (tertiary/aromatic N) is 3. The van der Waals surface area contributed by atoms with E-state index in [1.807, 2.05) is 71.9 Å². The van der Waals surface area contributed by atoms with Crippen LogP contribution in [0.15, 0.2) is 54.9 Å². The first-order valence-corrected chi connectivity index (χ1v) is 8.16. The zero-order chi connectivity index (χ0) is 16.9. The molecule has 1 N–H and O–H groups in total. The molecule has 2 aromatic heterocycles. The van der Waals surface area contributed by atoms with Crippen LogP contribution in [0.1, 0.15) is 28.2 Å². The standard InChI is InChI=1S/C19H22N4O/c1-15-13-16(2)23(21-15)12-6-9-20-19(24)17-7-5-8-18(14-17)22-10-3-4-11-22/h3-5,7-8,10-11,13-14H,6,9,12H2,1-2H3,(H,20,24). The molecular weight excluding hydrogens is 300 g/mol. The Kier molecular flexibility index (Phi) is 4.79. The largest absolute Gasteiger partial charge is 0.352 e. The third-order valence-corrected chi connectivity index (χ3v) is 3.95. The molecule has 0 fully saturated rings. The van der Waals surface area contributed by atoms with Gasteiger partial charge in [0, 0.05) is 42.4 Å². The number of hydrogen-bond acceptors (Lipinski definition) is 2. The van der Waals surface area contributed by atoms with Crippen LogP contribution >= 0.6 is 0 Å². The van der Waals surface area contributed by atoms with Gasteiger partial charge in [0.25, 0.3) is 5.91 Å². The molecule has 3 rings (SSSR count). The van der Waals surface area contributed by atoms with E-state index < -0.39 is 0 Å². The molecule has 2 heterocycles. The number of amides is 1. The molecule has 0 spiro atoms. The van der Waals surface area contributed by atoms with Gasteiger partial charge in [0.05, 0.1) is 5.69 Å². The molecule has 124 valence electrons. The number of carbonyl (C=O) groups excluding carboxylic acids is 1. The molecule has 5 heteroatoms. The summed E-state index contributed by atoms with van der Waals surface area (Å²) in [5.74, 6) is -0.0441. The van der Waals surface area contributed by atoms with Crippen LogP contribution in [0.5, 0.6) is 0 Å². The average molecular weight is 322 g/mol. The highest BCUT2D eigenvalue weighted by Gasteiger charge is 2.07. The minimum Gasteiger partial charge on any atom is -0.352 e. The second kappa shape index (κ2) is 7.17. The lowest BCUT2D eigenvalue weighted by Gasteiger charge is -2.08. The average Bonchev–Trinajstić information content (AvgIpc) is 3.21. The van der Waals surface area contributed by atoms with Crippen LogP contribution in [0.4, 0.5) is 0 Å². The molecule has 0 aliphatic heterocycles. The fourth-order valence-corrected chi connectivity index (χ4v) is 2.75. The summed E-state index contributed by atoms with van der Waals surface area (Å²) in [5.41, 5.74) is 3.83. The van der Waals surface area contributed by atoms with Gasteiger partial charge >= 0.3 is 0 Å². The summed E-state index contributed by atoms with van der Waals surface area (Å²) in [6.45, 7) is 5.47. The first-order chi connectivity index (χ1) is 11.6. The number of carbonyl (C=O) groups is 1. The zero-order valence-corrected chi connectivity index (χ0v) is 14.1. The Balaban J connectivity index is 1.54. The molecule has 24 heavy (non-hydrogen) atoms. The summed E-state index contributed by atoms with van der Waals surface area (Å²) in [5, 5.41) is 7.40. The maximum Gasteiger partial charge on any atom is 0.251 e. The summed E-state index contributed by atoms with van der Waals surface area (Å²) in [4.78, 5) is 12.3. The van der Waals surface area contributed by atoms with Gasteiger partial charge in [-0.2, -0.15) is 5.10 Å². The first kappa shape index (κ1) is 16.1. The molecule has 1 aromatic carbocycles.